The Morgan fingerprint density at radius 1 is 1.09 bits per heavy atom. The molecule has 2 aromatic rings. The van der Waals surface area contributed by atoms with Gasteiger partial charge in [0.15, 0.2) is 0 Å². The van der Waals surface area contributed by atoms with E-state index in [-0.39, 0.29) is 54.2 Å². The number of nitrogens with one attached hydrogen (secondary N) is 1. The van der Waals surface area contributed by atoms with Crippen LogP contribution in [0.4, 0.5) is 0 Å². The van der Waals surface area contributed by atoms with E-state index in [0.717, 1.165) is 20.8 Å². The highest BCUT2D eigenvalue weighted by molar-refractivity contribution is 9.10. The number of benzene rings is 2. The van der Waals surface area contributed by atoms with E-state index in [2.05, 4.69) is 21.2 Å². The molecule has 0 unspecified atom stereocenters. The van der Waals surface area contributed by atoms with Gasteiger partial charge < -0.3 is 10.2 Å². The molecule has 1 heterocycles. The lowest BCUT2D eigenvalue weighted by molar-refractivity contribution is -0.141. The lowest BCUT2D eigenvalue weighted by atomic mass is 10.1. The number of fused-ring (bicyclic) bond motifs is 1. The van der Waals surface area contributed by atoms with Crippen LogP contribution < -0.4 is 5.32 Å². The summed E-state index contributed by atoms with van der Waals surface area (Å²) in [6, 6.07) is 12.8. The molecule has 0 saturated heterocycles. The molecule has 1 N–H and O–H groups in total. The number of sulfonamides is 1. The Morgan fingerprint density at radius 2 is 1.74 bits per heavy atom. The van der Waals surface area contributed by atoms with Gasteiger partial charge in [-0.05, 0) is 56.5 Å². The maximum Gasteiger partial charge on any atom is 0.269 e. The summed E-state index contributed by atoms with van der Waals surface area (Å²) in [5.41, 5.74) is 1.00. The average molecular weight is 565 g/mol. The first-order chi connectivity index (χ1) is 16.6. The van der Waals surface area contributed by atoms with E-state index in [9.17, 15) is 22.8 Å². The van der Waals surface area contributed by atoms with Gasteiger partial charge in [-0.1, -0.05) is 47.1 Å². The van der Waals surface area contributed by atoms with E-state index < -0.39 is 22.0 Å². The molecule has 0 bridgehead atoms. The first kappa shape index (κ1) is 26.9. The first-order valence-electron chi connectivity index (χ1n) is 11.6. The number of hydrogen-bond donors (Lipinski definition) is 1. The van der Waals surface area contributed by atoms with E-state index in [0.29, 0.717) is 0 Å². The molecule has 0 aliphatic carbocycles. The van der Waals surface area contributed by atoms with E-state index in [1.54, 1.807) is 19.1 Å². The molecule has 2 aromatic carbocycles. The van der Waals surface area contributed by atoms with E-state index in [1.807, 2.05) is 38.1 Å². The summed E-state index contributed by atoms with van der Waals surface area (Å²) < 4.78 is 27.2. The molecular formula is C25H30BrN3O5S. The molecule has 0 spiro atoms. The molecule has 1 aliphatic heterocycles. The van der Waals surface area contributed by atoms with Crippen molar-refractivity contribution in [3.8, 4) is 0 Å². The molecule has 0 radical (unpaired) electrons. The Hall–Kier alpha value is -2.72. The molecule has 3 rings (SSSR count). The monoisotopic (exact) mass is 563 g/mol. The van der Waals surface area contributed by atoms with Gasteiger partial charge >= 0.3 is 0 Å². The van der Waals surface area contributed by atoms with Gasteiger partial charge in [0.05, 0.1) is 5.56 Å². The number of carbonyl (C=O) groups is 3. The summed E-state index contributed by atoms with van der Waals surface area (Å²) in [7, 11) is -3.92. The molecule has 2 atom stereocenters. The highest BCUT2D eigenvalue weighted by Crippen LogP contribution is 2.30. The fourth-order valence-electron chi connectivity index (χ4n) is 3.80. The van der Waals surface area contributed by atoms with Crippen LogP contribution in [0.5, 0.6) is 0 Å². The Morgan fingerprint density at radius 3 is 2.37 bits per heavy atom. The van der Waals surface area contributed by atoms with Gasteiger partial charge in [-0.3, -0.25) is 14.4 Å². The van der Waals surface area contributed by atoms with Gasteiger partial charge in [0.25, 0.3) is 15.9 Å². The highest BCUT2D eigenvalue weighted by Gasteiger charge is 2.40. The SMILES string of the molecule is CC[C@@H](C)NC(=O)[C@H](C)N(Cc1ccc(Br)cc1)C(=O)CCCN1C(=O)c2ccccc2S1(=O)=O. The zero-order valence-corrected chi connectivity index (χ0v) is 22.4. The van der Waals surface area contributed by atoms with Crippen molar-refractivity contribution in [2.45, 2.75) is 63.6 Å². The van der Waals surface area contributed by atoms with Gasteiger partial charge in [0, 0.05) is 30.0 Å². The zero-order valence-electron chi connectivity index (χ0n) is 20.0. The first-order valence-corrected chi connectivity index (χ1v) is 13.8. The Bertz CT molecular complexity index is 1200. The van der Waals surface area contributed by atoms with E-state index >= 15 is 0 Å². The maximum absolute atomic E-state index is 13.2. The number of rotatable bonds is 10. The number of halogens is 1. The van der Waals surface area contributed by atoms with E-state index in [4.69, 9.17) is 0 Å². The predicted molar refractivity (Wildman–Crippen MR) is 136 cm³/mol. The highest BCUT2D eigenvalue weighted by atomic mass is 79.9. The third-order valence-electron chi connectivity index (χ3n) is 6.10. The van der Waals surface area contributed by atoms with Gasteiger partial charge in [0.2, 0.25) is 11.8 Å². The average Bonchev–Trinajstić information content (AvgIpc) is 3.03. The summed E-state index contributed by atoms with van der Waals surface area (Å²) in [5.74, 6) is -1.13. The van der Waals surface area contributed by atoms with Crippen LogP contribution in [0, 0.1) is 0 Å². The van der Waals surface area contributed by atoms with Gasteiger partial charge in [-0.2, -0.15) is 0 Å². The fourth-order valence-corrected chi connectivity index (χ4v) is 5.68. The lowest BCUT2D eigenvalue weighted by Crippen LogP contribution is -2.49. The van der Waals surface area contributed by atoms with Gasteiger partial charge in [-0.15, -0.1) is 0 Å². The zero-order chi connectivity index (χ0) is 25.8. The summed E-state index contributed by atoms with van der Waals surface area (Å²) in [4.78, 5) is 40.1. The minimum Gasteiger partial charge on any atom is -0.352 e. The van der Waals surface area contributed by atoms with Crippen molar-refractivity contribution >= 4 is 43.7 Å². The topological polar surface area (TPSA) is 104 Å². The number of amides is 3. The second kappa shape index (κ2) is 11.3. The van der Waals surface area contributed by atoms with Crippen molar-refractivity contribution in [3.05, 3.63) is 64.1 Å². The smallest absolute Gasteiger partial charge is 0.269 e. The summed E-state index contributed by atoms with van der Waals surface area (Å²) in [6.07, 6.45) is 0.904. The largest absolute Gasteiger partial charge is 0.352 e. The third kappa shape index (κ3) is 6.10. The van der Waals surface area contributed by atoms with Gasteiger partial charge in [0.1, 0.15) is 10.9 Å². The predicted octanol–water partition coefficient (Wildman–Crippen LogP) is 3.71. The molecule has 35 heavy (non-hydrogen) atoms. The molecule has 0 saturated carbocycles. The molecule has 3 amide bonds. The van der Waals surface area contributed by atoms with Crippen molar-refractivity contribution in [1.82, 2.24) is 14.5 Å². The van der Waals surface area contributed by atoms with E-state index in [1.165, 1.54) is 17.0 Å². The minimum atomic E-state index is -3.92. The Labute approximate surface area is 214 Å². The van der Waals surface area contributed by atoms with Crippen LogP contribution in [0.1, 0.15) is 56.0 Å². The van der Waals surface area contributed by atoms with Crippen molar-refractivity contribution in [2.75, 3.05) is 6.54 Å². The molecule has 0 aromatic heterocycles. The summed E-state index contributed by atoms with van der Waals surface area (Å²) >= 11 is 3.39. The second-order valence-corrected chi connectivity index (χ2v) is 11.4. The Kier molecular flexibility index (Phi) is 8.71. The standard InChI is InChI=1S/C25H30BrN3O5S/c1-4-17(2)27-24(31)18(3)28(16-19-11-13-20(26)14-12-19)23(30)10-7-15-29-25(32)21-8-5-6-9-22(21)35(29,33)34/h5-6,8-9,11-14,17-18H,4,7,10,15-16H2,1-3H3,(H,27,31)/t17-,18+/m1/s1. The maximum atomic E-state index is 13.2. The molecule has 188 valence electrons. The van der Waals surface area contributed by atoms with Crippen molar-refractivity contribution in [3.63, 3.8) is 0 Å². The van der Waals surface area contributed by atoms with Crippen molar-refractivity contribution < 1.29 is 22.8 Å². The lowest BCUT2D eigenvalue weighted by Gasteiger charge is -2.30. The molecule has 10 heteroatoms. The van der Waals surface area contributed by atoms with Crippen LogP contribution in [0.3, 0.4) is 0 Å². The Balaban J connectivity index is 1.71. The van der Waals surface area contributed by atoms with Crippen LogP contribution in [0.25, 0.3) is 0 Å². The molecule has 1 aliphatic rings. The number of carbonyl (C=O) groups excluding carboxylic acids is 3. The second-order valence-electron chi connectivity index (χ2n) is 8.62. The quantitative estimate of drug-likeness (QED) is 0.474. The minimum absolute atomic E-state index is 0.00682. The van der Waals surface area contributed by atoms with Crippen molar-refractivity contribution in [1.29, 1.82) is 0 Å². The molecular weight excluding hydrogens is 534 g/mol. The molecule has 0 fully saturated rings. The van der Waals surface area contributed by atoms with Crippen LogP contribution in [-0.2, 0) is 26.2 Å². The summed E-state index contributed by atoms with van der Waals surface area (Å²) in [6.45, 7) is 5.66. The van der Waals surface area contributed by atoms with Crippen LogP contribution in [-0.4, -0.2) is 54.0 Å². The van der Waals surface area contributed by atoms with Crippen LogP contribution in [0.2, 0.25) is 0 Å². The van der Waals surface area contributed by atoms with Crippen LogP contribution in [0.15, 0.2) is 57.9 Å². The number of nitrogens with zero attached hydrogens (tertiary/aromatic N) is 2. The van der Waals surface area contributed by atoms with Crippen LogP contribution >= 0.6 is 15.9 Å². The molecule has 8 nitrogen and oxygen atoms in total. The van der Waals surface area contributed by atoms with Gasteiger partial charge in [-0.25, -0.2) is 12.7 Å². The third-order valence-corrected chi connectivity index (χ3v) is 8.47. The normalized spacial score (nSPS) is 15.9. The fraction of sp³-hybridized carbons (Fsp3) is 0.400. The number of hydrogen-bond acceptors (Lipinski definition) is 5. The summed E-state index contributed by atoms with van der Waals surface area (Å²) in [5, 5.41) is 2.91. The van der Waals surface area contributed by atoms with Crippen molar-refractivity contribution in [2.24, 2.45) is 0 Å².